The summed E-state index contributed by atoms with van der Waals surface area (Å²) in [6.07, 6.45) is 1.86. The molecular weight excluding hydrogens is 308 g/mol. The minimum Gasteiger partial charge on any atom is -0.455 e. The lowest BCUT2D eigenvalue weighted by Crippen LogP contribution is -2.21. The van der Waals surface area contributed by atoms with Gasteiger partial charge in [0.2, 0.25) is 0 Å². The maximum absolute atomic E-state index is 11.5. The van der Waals surface area contributed by atoms with E-state index in [0.717, 1.165) is 30.1 Å². The second-order valence-corrected chi connectivity index (χ2v) is 7.29. The van der Waals surface area contributed by atoms with Gasteiger partial charge in [0.1, 0.15) is 5.76 Å². The molecule has 24 heavy (non-hydrogen) atoms. The zero-order valence-corrected chi connectivity index (χ0v) is 14.4. The summed E-state index contributed by atoms with van der Waals surface area (Å²) >= 11 is 0. The lowest BCUT2D eigenvalue weighted by atomic mass is 9.90. The van der Waals surface area contributed by atoms with E-state index in [9.17, 15) is 4.79 Å². The normalized spacial score (nSPS) is 15.0. The summed E-state index contributed by atoms with van der Waals surface area (Å²) in [7, 11) is 0. The van der Waals surface area contributed by atoms with E-state index in [1.165, 1.54) is 5.56 Å². The first-order chi connectivity index (χ1) is 11.3. The Morgan fingerprint density at radius 1 is 1.42 bits per heavy atom. The third-order valence-corrected chi connectivity index (χ3v) is 4.24. The van der Waals surface area contributed by atoms with Crippen LogP contribution in [0.3, 0.4) is 0 Å². The first kappa shape index (κ1) is 16.7. The molecule has 3 rings (SSSR count). The first-order valence-electron chi connectivity index (χ1n) is 8.09. The van der Waals surface area contributed by atoms with Gasteiger partial charge in [0, 0.05) is 36.2 Å². The van der Waals surface area contributed by atoms with E-state index in [-0.39, 0.29) is 17.8 Å². The van der Waals surface area contributed by atoms with Crippen molar-refractivity contribution in [1.29, 1.82) is 0 Å². The van der Waals surface area contributed by atoms with Crippen molar-refractivity contribution >= 4 is 5.91 Å². The largest absolute Gasteiger partial charge is 0.455 e. The Labute approximate surface area is 141 Å². The summed E-state index contributed by atoms with van der Waals surface area (Å²) in [5.74, 6) is 0.456. The van der Waals surface area contributed by atoms with Gasteiger partial charge in [-0.3, -0.25) is 14.4 Å². The van der Waals surface area contributed by atoms with Crippen molar-refractivity contribution < 1.29 is 14.3 Å². The third-order valence-electron chi connectivity index (χ3n) is 4.24. The summed E-state index contributed by atoms with van der Waals surface area (Å²) in [5.41, 5.74) is 8.47. The van der Waals surface area contributed by atoms with E-state index < -0.39 is 5.91 Å². The zero-order chi connectivity index (χ0) is 17.5. The Morgan fingerprint density at radius 3 is 2.79 bits per heavy atom. The molecule has 0 saturated heterocycles. The molecular formula is C17H24N4O3. The lowest BCUT2D eigenvalue weighted by molar-refractivity contribution is 0.0970. The number of rotatable bonds is 5. The quantitative estimate of drug-likeness (QED) is 0.862. The number of aromatic nitrogens is 2. The summed E-state index contributed by atoms with van der Waals surface area (Å²) in [6, 6.07) is 1.76. The Morgan fingerprint density at radius 2 is 2.17 bits per heavy atom. The molecule has 7 heteroatoms. The highest BCUT2D eigenvalue weighted by molar-refractivity contribution is 5.90. The number of nitrogens with two attached hydrogens (primary N) is 1. The van der Waals surface area contributed by atoms with E-state index in [4.69, 9.17) is 15.3 Å². The zero-order valence-electron chi connectivity index (χ0n) is 14.4. The topological polar surface area (TPSA) is 97.5 Å². The van der Waals surface area contributed by atoms with Crippen LogP contribution in [0.25, 0.3) is 0 Å². The molecule has 0 atom stereocenters. The van der Waals surface area contributed by atoms with E-state index in [2.05, 4.69) is 30.8 Å². The molecule has 0 fully saturated rings. The second kappa shape index (κ2) is 6.07. The van der Waals surface area contributed by atoms with Crippen molar-refractivity contribution in [2.75, 3.05) is 6.61 Å². The van der Waals surface area contributed by atoms with Crippen LogP contribution in [0.1, 0.15) is 53.9 Å². The van der Waals surface area contributed by atoms with Crippen LogP contribution in [-0.2, 0) is 31.6 Å². The van der Waals surface area contributed by atoms with Crippen LogP contribution >= 0.6 is 0 Å². The van der Waals surface area contributed by atoms with Crippen molar-refractivity contribution in [2.24, 2.45) is 5.73 Å². The van der Waals surface area contributed by atoms with Gasteiger partial charge < -0.3 is 15.3 Å². The van der Waals surface area contributed by atoms with Crippen molar-refractivity contribution in [3.63, 3.8) is 0 Å². The van der Waals surface area contributed by atoms with E-state index in [1.807, 2.05) is 10.9 Å². The number of furan rings is 1. The Hall–Kier alpha value is -2.12. The molecule has 1 amide bonds. The molecule has 0 spiro atoms. The smallest absolute Gasteiger partial charge is 0.284 e. The molecule has 0 saturated carbocycles. The van der Waals surface area contributed by atoms with Crippen LogP contribution in [-0.4, -0.2) is 32.3 Å². The lowest BCUT2D eigenvalue weighted by Gasteiger charge is -2.20. The average Bonchev–Trinajstić information content (AvgIpc) is 3.14. The van der Waals surface area contributed by atoms with Gasteiger partial charge in [-0.2, -0.15) is 5.10 Å². The molecule has 130 valence electrons. The molecule has 7 nitrogen and oxygen atoms in total. The Bertz CT molecular complexity index is 754. The number of nitrogens with zero attached hydrogens (tertiary/aromatic N) is 3. The first-order valence-corrected chi connectivity index (χ1v) is 8.09. The number of amides is 1. The maximum Gasteiger partial charge on any atom is 0.284 e. The van der Waals surface area contributed by atoms with Gasteiger partial charge in [-0.05, 0) is 6.07 Å². The molecule has 3 N–H and O–H groups in total. The van der Waals surface area contributed by atoms with Gasteiger partial charge in [0.05, 0.1) is 25.0 Å². The summed E-state index contributed by atoms with van der Waals surface area (Å²) in [6.45, 7) is 8.97. The summed E-state index contributed by atoms with van der Waals surface area (Å²) < 4.78 is 7.57. The van der Waals surface area contributed by atoms with Crippen molar-refractivity contribution in [2.45, 2.75) is 52.4 Å². The summed E-state index contributed by atoms with van der Waals surface area (Å²) in [5, 5.41) is 13.4. The van der Waals surface area contributed by atoms with Gasteiger partial charge in [0.15, 0.2) is 5.76 Å². The monoisotopic (exact) mass is 332 g/mol. The number of hydrogen-bond donors (Lipinski definition) is 2. The molecule has 1 aliphatic rings. The average molecular weight is 332 g/mol. The predicted octanol–water partition coefficient (Wildman–Crippen LogP) is 1.38. The molecule has 1 aliphatic heterocycles. The SMILES string of the molecule is CC(C)(C)c1oc(C(N)=O)cc1CN1Cc2cnn(CCO)c2C1. The molecule has 0 aliphatic carbocycles. The number of hydrogen-bond acceptors (Lipinski definition) is 5. The Kier molecular flexibility index (Phi) is 4.23. The third kappa shape index (κ3) is 3.09. The minimum absolute atomic E-state index is 0.0754. The Balaban J connectivity index is 1.81. The van der Waals surface area contributed by atoms with E-state index >= 15 is 0 Å². The van der Waals surface area contributed by atoms with Crippen LogP contribution in [0.2, 0.25) is 0 Å². The number of aliphatic hydroxyl groups is 1. The minimum atomic E-state index is -0.546. The molecule has 3 heterocycles. The van der Waals surface area contributed by atoms with E-state index in [1.54, 1.807) is 6.07 Å². The molecule has 0 unspecified atom stereocenters. The highest BCUT2D eigenvalue weighted by Gasteiger charge is 2.29. The van der Waals surface area contributed by atoms with Crippen LogP contribution < -0.4 is 5.73 Å². The van der Waals surface area contributed by atoms with Crippen LogP contribution in [0.4, 0.5) is 0 Å². The van der Waals surface area contributed by atoms with Gasteiger partial charge in [-0.1, -0.05) is 20.8 Å². The highest BCUT2D eigenvalue weighted by atomic mass is 16.4. The van der Waals surface area contributed by atoms with Gasteiger partial charge >= 0.3 is 0 Å². The van der Waals surface area contributed by atoms with Crippen molar-refractivity contribution in [1.82, 2.24) is 14.7 Å². The van der Waals surface area contributed by atoms with E-state index in [0.29, 0.717) is 13.1 Å². The fourth-order valence-electron chi connectivity index (χ4n) is 3.22. The molecule has 2 aromatic rings. The molecule has 0 radical (unpaired) electrons. The van der Waals surface area contributed by atoms with Gasteiger partial charge in [0.25, 0.3) is 5.91 Å². The predicted molar refractivity (Wildman–Crippen MR) is 88.2 cm³/mol. The number of fused-ring (bicyclic) bond motifs is 1. The van der Waals surface area contributed by atoms with Crippen LogP contribution in [0, 0.1) is 0 Å². The number of carbonyl (C=O) groups excluding carboxylic acids is 1. The van der Waals surface area contributed by atoms with Gasteiger partial charge in [-0.15, -0.1) is 0 Å². The van der Waals surface area contributed by atoms with Crippen LogP contribution in [0.15, 0.2) is 16.7 Å². The molecule has 0 bridgehead atoms. The van der Waals surface area contributed by atoms with Crippen molar-refractivity contribution in [3.05, 3.63) is 40.6 Å². The molecule has 2 aromatic heterocycles. The van der Waals surface area contributed by atoms with Crippen LogP contribution in [0.5, 0.6) is 0 Å². The second-order valence-electron chi connectivity index (χ2n) is 7.29. The summed E-state index contributed by atoms with van der Waals surface area (Å²) in [4.78, 5) is 13.7. The fraction of sp³-hybridized carbons (Fsp3) is 0.529. The molecule has 0 aromatic carbocycles. The number of carbonyl (C=O) groups is 1. The van der Waals surface area contributed by atoms with Gasteiger partial charge in [-0.25, -0.2) is 0 Å². The standard InChI is InChI=1S/C17H24N4O3/c1-17(2,3)15-11(6-14(24-15)16(18)23)8-20-9-12-7-19-21(4-5-22)13(12)10-20/h6-7,22H,4-5,8-10H2,1-3H3,(H2,18,23). The fourth-order valence-corrected chi connectivity index (χ4v) is 3.22. The van der Waals surface area contributed by atoms with Crippen molar-refractivity contribution in [3.8, 4) is 0 Å². The maximum atomic E-state index is 11.5. The highest BCUT2D eigenvalue weighted by Crippen LogP contribution is 2.32. The number of primary amides is 1. The number of aliphatic hydroxyl groups excluding tert-OH is 1.